The molecule has 1 amide bonds. The van der Waals surface area contributed by atoms with Crippen LogP contribution in [-0.2, 0) is 11.3 Å². The van der Waals surface area contributed by atoms with Crippen LogP contribution in [0.15, 0.2) is 33.8 Å². The van der Waals surface area contributed by atoms with E-state index in [1.165, 1.54) is 10.9 Å². The number of benzene rings is 1. The largest absolute Gasteiger partial charge is 0.337 e. The molecule has 0 spiro atoms. The van der Waals surface area contributed by atoms with Crippen molar-refractivity contribution in [1.82, 2.24) is 19.8 Å². The molecule has 1 aliphatic heterocycles. The van der Waals surface area contributed by atoms with E-state index in [-0.39, 0.29) is 36.5 Å². The van der Waals surface area contributed by atoms with Crippen molar-refractivity contribution in [3.05, 3.63) is 39.4 Å². The molecular formula is C17H22BrClN4O2. The van der Waals surface area contributed by atoms with Gasteiger partial charge in [-0.05, 0) is 37.6 Å². The lowest BCUT2D eigenvalue weighted by molar-refractivity contribution is -0.133. The number of nitrogens with one attached hydrogen (secondary N) is 1. The topological polar surface area (TPSA) is 67.2 Å². The molecule has 1 aromatic heterocycles. The van der Waals surface area contributed by atoms with Crippen LogP contribution in [0.1, 0.15) is 19.8 Å². The highest BCUT2D eigenvalue weighted by Gasteiger charge is 2.26. The van der Waals surface area contributed by atoms with Gasteiger partial charge in [-0.1, -0.05) is 22.9 Å². The Morgan fingerprint density at radius 3 is 2.96 bits per heavy atom. The Morgan fingerprint density at radius 1 is 1.48 bits per heavy atom. The van der Waals surface area contributed by atoms with Crippen molar-refractivity contribution >= 4 is 45.1 Å². The van der Waals surface area contributed by atoms with Gasteiger partial charge in [-0.3, -0.25) is 14.2 Å². The SMILES string of the molecule is CCCN(C(=O)Cn1cnc2ccc(Br)cc2c1=O)C1CCNC1.Cl. The maximum absolute atomic E-state index is 12.7. The fourth-order valence-electron chi connectivity index (χ4n) is 3.14. The number of hydrogen-bond donors (Lipinski definition) is 1. The number of fused-ring (bicyclic) bond motifs is 1. The number of aromatic nitrogens is 2. The highest BCUT2D eigenvalue weighted by Crippen LogP contribution is 2.15. The smallest absolute Gasteiger partial charge is 0.261 e. The predicted molar refractivity (Wildman–Crippen MR) is 104 cm³/mol. The predicted octanol–water partition coefficient (Wildman–Crippen LogP) is 2.18. The van der Waals surface area contributed by atoms with Crippen LogP contribution in [0, 0.1) is 0 Å². The molecule has 3 rings (SSSR count). The zero-order valence-electron chi connectivity index (χ0n) is 14.1. The third-order valence-corrected chi connectivity index (χ3v) is 4.84. The number of carbonyl (C=O) groups is 1. The Morgan fingerprint density at radius 2 is 2.28 bits per heavy atom. The van der Waals surface area contributed by atoms with Gasteiger partial charge in [0.1, 0.15) is 6.54 Å². The molecule has 0 saturated carbocycles. The molecule has 1 aliphatic rings. The number of nitrogens with zero attached hydrogens (tertiary/aromatic N) is 3. The number of hydrogen-bond acceptors (Lipinski definition) is 4. The van der Waals surface area contributed by atoms with E-state index >= 15 is 0 Å². The quantitative estimate of drug-likeness (QED) is 0.791. The molecule has 0 bridgehead atoms. The van der Waals surface area contributed by atoms with Crippen molar-refractivity contribution in [1.29, 1.82) is 0 Å². The summed E-state index contributed by atoms with van der Waals surface area (Å²) in [4.78, 5) is 31.6. The van der Waals surface area contributed by atoms with Crippen molar-refractivity contribution in [2.24, 2.45) is 0 Å². The molecule has 0 aliphatic carbocycles. The molecule has 1 N–H and O–H groups in total. The van der Waals surface area contributed by atoms with Gasteiger partial charge in [-0.2, -0.15) is 0 Å². The normalized spacial score (nSPS) is 16.6. The monoisotopic (exact) mass is 428 g/mol. The third kappa shape index (κ3) is 4.40. The first-order valence-electron chi connectivity index (χ1n) is 8.25. The van der Waals surface area contributed by atoms with E-state index in [9.17, 15) is 9.59 Å². The summed E-state index contributed by atoms with van der Waals surface area (Å²) in [5.74, 6) is -0.0243. The van der Waals surface area contributed by atoms with E-state index in [1.54, 1.807) is 12.1 Å². The highest BCUT2D eigenvalue weighted by atomic mass is 79.9. The standard InChI is InChI=1S/C17H21BrN4O2.ClH/c1-2-7-22(13-5-6-19-9-13)16(23)10-21-11-20-15-4-3-12(18)8-14(15)17(21)24;/h3-4,8,11,13,19H,2,5-7,9-10H2,1H3;1H. The van der Waals surface area contributed by atoms with Gasteiger partial charge in [-0.15, -0.1) is 12.4 Å². The first kappa shape index (κ1) is 19.9. The molecule has 8 heteroatoms. The van der Waals surface area contributed by atoms with Gasteiger partial charge in [0.15, 0.2) is 0 Å². The van der Waals surface area contributed by atoms with Gasteiger partial charge >= 0.3 is 0 Å². The average molecular weight is 430 g/mol. The van der Waals surface area contributed by atoms with Gasteiger partial charge < -0.3 is 10.2 Å². The Labute approximate surface area is 161 Å². The highest BCUT2D eigenvalue weighted by molar-refractivity contribution is 9.10. The minimum Gasteiger partial charge on any atom is -0.337 e. The van der Waals surface area contributed by atoms with Gasteiger partial charge in [0.2, 0.25) is 5.91 Å². The minimum absolute atomic E-state index is 0. The summed E-state index contributed by atoms with van der Waals surface area (Å²) in [5, 5.41) is 3.81. The number of amides is 1. The molecule has 1 fully saturated rings. The third-order valence-electron chi connectivity index (χ3n) is 4.35. The van der Waals surface area contributed by atoms with E-state index in [0.29, 0.717) is 17.4 Å². The van der Waals surface area contributed by atoms with Crippen LogP contribution in [0.25, 0.3) is 10.9 Å². The molecule has 2 heterocycles. The second kappa shape index (κ2) is 8.78. The molecule has 1 atom stereocenters. The van der Waals surface area contributed by atoms with Gasteiger partial charge in [0.05, 0.1) is 17.2 Å². The van der Waals surface area contributed by atoms with Crippen molar-refractivity contribution in [3.8, 4) is 0 Å². The van der Waals surface area contributed by atoms with Crippen LogP contribution in [0.5, 0.6) is 0 Å². The summed E-state index contributed by atoms with van der Waals surface area (Å²) >= 11 is 3.37. The summed E-state index contributed by atoms with van der Waals surface area (Å²) in [5.41, 5.74) is 0.452. The van der Waals surface area contributed by atoms with E-state index in [0.717, 1.165) is 30.4 Å². The summed E-state index contributed by atoms with van der Waals surface area (Å²) in [6.07, 6.45) is 3.33. The maximum atomic E-state index is 12.7. The number of halogens is 2. The van der Waals surface area contributed by atoms with E-state index in [4.69, 9.17) is 0 Å². The zero-order chi connectivity index (χ0) is 17.1. The Kier molecular flexibility index (Phi) is 6.98. The van der Waals surface area contributed by atoms with E-state index < -0.39 is 0 Å². The Hall–Kier alpha value is -1.44. The van der Waals surface area contributed by atoms with Gasteiger partial charge in [0, 0.05) is 23.6 Å². The molecule has 1 unspecified atom stereocenters. The molecule has 136 valence electrons. The van der Waals surface area contributed by atoms with Crippen LogP contribution in [0.3, 0.4) is 0 Å². The molecule has 1 saturated heterocycles. The first-order valence-corrected chi connectivity index (χ1v) is 9.04. The lowest BCUT2D eigenvalue weighted by Gasteiger charge is -2.28. The fraction of sp³-hybridized carbons (Fsp3) is 0.471. The van der Waals surface area contributed by atoms with E-state index in [2.05, 4.69) is 33.2 Å². The van der Waals surface area contributed by atoms with Crippen LogP contribution >= 0.6 is 28.3 Å². The van der Waals surface area contributed by atoms with Crippen molar-refractivity contribution in [3.63, 3.8) is 0 Å². The number of carbonyl (C=O) groups excluding carboxylic acids is 1. The molecular weight excluding hydrogens is 408 g/mol. The molecule has 1 aromatic carbocycles. The summed E-state index contributed by atoms with van der Waals surface area (Å²) in [7, 11) is 0. The van der Waals surface area contributed by atoms with Gasteiger partial charge in [0.25, 0.3) is 5.56 Å². The maximum Gasteiger partial charge on any atom is 0.261 e. The lowest BCUT2D eigenvalue weighted by Crippen LogP contribution is -2.44. The van der Waals surface area contributed by atoms with Crippen LogP contribution in [-0.4, -0.2) is 46.0 Å². The van der Waals surface area contributed by atoms with Crippen molar-refractivity contribution in [2.75, 3.05) is 19.6 Å². The Balaban J connectivity index is 0.00000225. The van der Waals surface area contributed by atoms with Crippen molar-refractivity contribution < 1.29 is 4.79 Å². The summed E-state index contributed by atoms with van der Waals surface area (Å²) in [6.45, 7) is 4.56. The van der Waals surface area contributed by atoms with Crippen molar-refractivity contribution in [2.45, 2.75) is 32.4 Å². The first-order chi connectivity index (χ1) is 11.6. The molecule has 6 nitrogen and oxygen atoms in total. The van der Waals surface area contributed by atoms with E-state index in [1.807, 2.05) is 11.0 Å². The summed E-state index contributed by atoms with van der Waals surface area (Å²) in [6, 6.07) is 5.60. The average Bonchev–Trinajstić information content (AvgIpc) is 3.09. The zero-order valence-corrected chi connectivity index (χ0v) is 16.5. The van der Waals surface area contributed by atoms with Crippen LogP contribution in [0.4, 0.5) is 0 Å². The van der Waals surface area contributed by atoms with Crippen LogP contribution < -0.4 is 10.9 Å². The molecule has 2 aromatic rings. The number of rotatable bonds is 5. The summed E-state index contributed by atoms with van der Waals surface area (Å²) < 4.78 is 2.23. The molecule has 25 heavy (non-hydrogen) atoms. The van der Waals surface area contributed by atoms with Crippen LogP contribution in [0.2, 0.25) is 0 Å². The Bertz CT molecular complexity index is 805. The fourth-order valence-corrected chi connectivity index (χ4v) is 3.50. The van der Waals surface area contributed by atoms with Gasteiger partial charge in [-0.25, -0.2) is 4.98 Å². The molecule has 0 radical (unpaired) electrons. The minimum atomic E-state index is -0.185. The second-order valence-electron chi connectivity index (χ2n) is 6.07. The lowest BCUT2D eigenvalue weighted by atomic mass is 10.2. The second-order valence-corrected chi connectivity index (χ2v) is 6.99.